The van der Waals surface area contributed by atoms with Crippen molar-refractivity contribution in [2.75, 3.05) is 0 Å². The lowest BCUT2D eigenvalue weighted by Gasteiger charge is -2.43. The predicted octanol–water partition coefficient (Wildman–Crippen LogP) is 3.04. The molecule has 0 saturated heterocycles. The van der Waals surface area contributed by atoms with Gasteiger partial charge in [0.05, 0.1) is 0 Å². The van der Waals surface area contributed by atoms with Gasteiger partial charge in [0.15, 0.2) is 0 Å². The fourth-order valence-electron chi connectivity index (χ4n) is 2.43. The molecule has 13 heavy (non-hydrogen) atoms. The number of hydrogen-bond acceptors (Lipinski definition) is 1. The first kappa shape index (κ1) is 11.0. The van der Waals surface area contributed by atoms with Crippen molar-refractivity contribution in [1.82, 2.24) is 0 Å². The molecule has 78 valence electrons. The van der Waals surface area contributed by atoms with Crippen molar-refractivity contribution in [3.05, 3.63) is 0 Å². The van der Waals surface area contributed by atoms with E-state index in [9.17, 15) is 0 Å². The summed E-state index contributed by atoms with van der Waals surface area (Å²) in [5.74, 6) is 2.32. The molecular formula is C12H25N. The van der Waals surface area contributed by atoms with Gasteiger partial charge in [-0.25, -0.2) is 0 Å². The van der Waals surface area contributed by atoms with Gasteiger partial charge in [-0.1, -0.05) is 34.6 Å². The Morgan fingerprint density at radius 1 is 1.08 bits per heavy atom. The largest absolute Gasteiger partial charge is 0.327 e. The molecule has 0 spiro atoms. The smallest absolute Gasteiger partial charge is 0.00699 e. The molecule has 0 aliphatic heterocycles. The molecule has 0 radical (unpaired) electrons. The van der Waals surface area contributed by atoms with Gasteiger partial charge in [0.25, 0.3) is 0 Å². The second-order valence-corrected chi connectivity index (χ2v) is 6.03. The number of nitrogens with two attached hydrogens (primary N) is 1. The molecule has 1 saturated carbocycles. The molecule has 0 bridgehead atoms. The number of hydrogen-bond donors (Lipinski definition) is 1. The fourth-order valence-corrected chi connectivity index (χ4v) is 2.43. The Kier molecular flexibility index (Phi) is 3.06. The third kappa shape index (κ3) is 2.46. The Morgan fingerprint density at radius 2 is 1.62 bits per heavy atom. The highest BCUT2D eigenvalue weighted by atomic mass is 14.7. The molecule has 1 heteroatoms. The van der Waals surface area contributed by atoms with Crippen molar-refractivity contribution in [1.29, 1.82) is 0 Å². The van der Waals surface area contributed by atoms with E-state index < -0.39 is 0 Å². The van der Waals surface area contributed by atoms with Crippen LogP contribution in [-0.2, 0) is 0 Å². The summed E-state index contributed by atoms with van der Waals surface area (Å²) < 4.78 is 0. The van der Waals surface area contributed by atoms with Gasteiger partial charge in [0, 0.05) is 6.04 Å². The van der Waals surface area contributed by atoms with Crippen LogP contribution in [-0.4, -0.2) is 6.04 Å². The summed E-state index contributed by atoms with van der Waals surface area (Å²) in [6.45, 7) is 11.7. The average molecular weight is 183 g/mol. The van der Waals surface area contributed by atoms with Crippen LogP contribution in [0.15, 0.2) is 0 Å². The van der Waals surface area contributed by atoms with E-state index in [0.717, 1.165) is 11.8 Å². The SMILES string of the molecule is CC1CC(C(C)(C)C)CC(N)C1C. The molecular weight excluding hydrogens is 158 g/mol. The van der Waals surface area contributed by atoms with Gasteiger partial charge in [-0.2, -0.15) is 0 Å². The lowest BCUT2D eigenvalue weighted by molar-refractivity contribution is 0.0965. The predicted molar refractivity (Wildman–Crippen MR) is 58.5 cm³/mol. The Hall–Kier alpha value is -0.0400. The van der Waals surface area contributed by atoms with Crippen LogP contribution >= 0.6 is 0 Å². The first-order valence-corrected chi connectivity index (χ1v) is 5.58. The zero-order chi connectivity index (χ0) is 10.2. The fraction of sp³-hybridized carbons (Fsp3) is 1.00. The van der Waals surface area contributed by atoms with Crippen LogP contribution in [0.3, 0.4) is 0 Å². The van der Waals surface area contributed by atoms with Crippen molar-refractivity contribution in [2.24, 2.45) is 28.9 Å². The van der Waals surface area contributed by atoms with Gasteiger partial charge in [0.2, 0.25) is 0 Å². The molecule has 1 aliphatic rings. The molecule has 0 heterocycles. The minimum absolute atomic E-state index is 0.424. The van der Waals surface area contributed by atoms with Gasteiger partial charge in [-0.05, 0) is 36.0 Å². The van der Waals surface area contributed by atoms with E-state index in [1.165, 1.54) is 12.8 Å². The summed E-state index contributed by atoms with van der Waals surface area (Å²) in [7, 11) is 0. The normalized spacial score (nSPS) is 42.0. The van der Waals surface area contributed by atoms with Gasteiger partial charge in [-0.15, -0.1) is 0 Å². The van der Waals surface area contributed by atoms with E-state index in [4.69, 9.17) is 5.73 Å². The van der Waals surface area contributed by atoms with Crippen LogP contribution < -0.4 is 5.73 Å². The molecule has 4 unspecified atom stereocenters. The molecule has 4 atom stereocenters. The summed E-state index contributed by atoms with van der Waals surface area (Å²) in [6.07, 6.45) is 2.58. The number of rotatable bonds is 0. The zero-order valence-corrected chi connectivity index (χ0v) is 9.80. The summed E-state index contributed by atoms with van der Waals surface area (Å²) in [5, 5.41) is 0. The summed E-state index contributed by atoms with van der Waals surface area (Å²) >= 11 is 0. The lowest BCUT2D eigenvalue weighted by Crippen LogP contribution is -2.43. The van der Waals surface area contributed by atoms with E-state index in [0.29, 0.717) is 17.4 Å². The average Bonchev–Trinajstić information content (AvgIpc) is 1.97. The van der Waals surface area contributed by atoms with Crippen molar-refractivity contribution >= 4 is 0 Å². The maximum absolute atomic E-state index is 6.16. The van der Waals surface area contributed by atoms with E-state index >= 15 is 0 Å². The van der Waals surface area contributed by atoms with Gasteiger partial charge in [-0.3, -0.25) is 0 Å². The monoisotopic (exact) mass is 183 g/mol. The first-order valence-electron chi connectivity index (χ1n) is 5.58. The molecule has 0 amide bonds. The Balaban J connectivity index is 2.64. The van der Waals surface area contributed by atoms with Crippen LogP contribution in [0.2, 0.25) is 0 Å². The summed E-state index contributed by atoms with van der Waals surface area (Å²) in [5.41, 5.74) is 6.59. The highest BCUT2D eigenvalue weighted by Gasteiger charge is 2.35. The van der Waals surface area contributed by atoms with Crippen molar-refractivity contribution in [3.8, 4) is 0 Å². The highest BCUT2D eigenvalue weighted by Crippen LogP contribution is 2.41. The minimum Gasteiger partial charge on any atom is -0.327 e. The van der Waals surface area contributed by atoms with Gasteiger partial charge >= 0.3 is 0 Å². The van der Waals surface area contributed by atoms with Crippen LogP contribution in [0.1, 0.15) is 47.5 Å². The van der Waals surface area contributed by atoms with E-state index in [1.54, 1.807) is 0 Å². The quantitative estimate of drug-likeness (QED) is 0.614. The molecule has 1 rings (SSSR count). The molecule has 1 fully saturated rings. The standard InChI is InChI=1S/C12H25N/c1-8-6-10(12(3,4)5)7-11(13)9(8)2/h8-11H,6-7,13H2,1-5H3. The highest BCUT2D eigenvalue weighted by molar-refractivity contribution is 4.88. The second-order valence-electron chi connectivity index (χ2n) is 6.03. The van der Waals surface area contributed by atoms with Gasteiger partial charge < -0.3 is 5.73 Å². The maximum atomic E-state index is 6.16. The second kappa shape index (κ2) is 3.61. The van der Waals surface area contributed by atoms with Crippen LogP contribution in [0.5, 0.6) is 0 Å². The van der Waals surface area contributed by atoms with Crippen LogP contribution in [0.25, 0.3) is 0 Å². The topological polar surface area (TPSA) is 26.0 Å². The van der Waals surface area contributed by atoms with E-state index in [2.05, 4.69) is 34.6 Å². The minimum atomic E-state index is 0.424. The summed E-state index contributed by atoms with van der Waals surface area (Å²) in [6, 6.07) is 0.424. The molecule has 1 nitrogen and oxygen atoms in total. The molecule has 2 N–H and O–H groups in total. The van der Waals surface area contributed by atoms with Crippen molar-refractivity contribution in [2.45, 2.75) is 53.5 Å². The van der Waals surface area contributed by atoms with E-state index in [1.807, 2.05) is 0 Å². The molecule has 0 aromatic heterocycles. The van der Waals surface area contributed by atoms with Crippen molar-refractivity contribution < 1.29 is 0 Å². The zero-order valence-electron chi connectivity index (χ0n) is 9.80. The lowest BCUT2D eigenvalue weighted by atomic mass is 9.65. The van der Waals surface area contributed by atoms with Crippen LogP contribution in [0, 0.1) is 23.2 Å². The first-order chi connectivity index (χ1) is 5.82. The Morgan fingerprint density at radius 3 is 2.00 bits per heavy atom. The summed E-state index contributed by atoms with van der Waals surface area (Å²) in [4.78, 5) is 0. The molecule has 0 aromatic rings. The third-order valence-corrected chi connectivity index (χ3v) is 4.01. The molecule has 1 aliphatic carbocycles. The van der Waals surface area contributed by atoms with E-state index in [-0.39, 0.29) is 0 Å². The Bertz CT molecular complexity index is 156. The van der Waals surface area contributed by atoms with Gasteiger partial charge in [0.1, 0.15) is 0 Å². The van der Waals surface area contributed by atoms with Crippen LogP contribution in [0.4, 0.5) is 0 Å². The molecule has 0 aromatic carbocycles. The van der Waals surface area contributed by atoms with Crippen molar-refractivity contribution in [3.63, 3.8) is 0 Å². The Labute approximate surface area is 83.1 Å². The third-order valence-electron chi connectivity index (χ3n) is 4.01. The maximum Gasteiger partial charge on any atom is 0.00699 e.